The molecular weight excluding hydrogens is 272 g/mol. The van der Waals surface area contributed by atoms with Crippen LogP contribution < -0.4 is 5.32 Å². The zero-order valence-corrected chi connectivity index (χ0v) is 12.5. The van der Waals surface area contributed by atoms with E-state index in [-0.39, 0.29) is 24.1 Å². The monoisotopic (exact) mass is 294 g/mol. The average molecular weight is 294 g/mol. The van der Waals surface area contributed by atoms with Gasteiger partial charge in [-0.1, -0.05) is 25.5 Å². The number of rotatable bonds is 9. The molecule has 0 saturated carbocycles. The predicted molar refractivity (Wildman–Crippen MR) is 80.0 cm³/mol. The van der Waals surface area contributed by atoms with Crippen LogP contribution in [0.2, 0.25) is 0 Å². The van der Waals surface area contributed by atoms with Crippen molar-refractivity contribution in [3.63, 3.8) is 0 Å². The fraction of sp³-hybridized carbons (Fsp3) is 0.533. The summed E-state index contributed by atoms with van der Waals surface area (Å²) < 4.78 is 4.97. The third-order valence-corrected chi connectivity index (χ3v) is 3.08. The van der Waals surface area contributed by atoms with Crippen LogP contribution >= 0.6 is 0 Å². The first kappa shape index (κ1) is 17.1. The van der Waals surface area contributed by atoms with Gasteiger partial charge in [-0.25, -0.2) is 0 Å². The molecule has 0 aliphatic carbocycles. The molecular formula is C15H22N2O4. The van der Waals surface area contributed by atoms with Crippen LogP contribution in [0.15, 0.2) is 24.3 Å². The van der Waals surface area contributed by atoms with Gasteiger partial charge in [-0.2, -0.15) is 0 Å². The molecule has 0 spiro atoms. The number of ether oxygens (including phenoxy) is 1. The van der Waals surface area contributed by atoms with Crippen LogP contribution in [0.25, 0.3) is 0 Å². The second-order valence-electron chi connectivity index (χ2n) is 4.72. The molecule has 116 valence electrons. The van der Waals surface area contributed by atoms with Gasteiger partial charge in [0.1, 0.15) is 0 Å². The van der Waals surface area contributed by atoms with Gasteiger partial charge >= 0.3 is 5.97 Å². The van der Waals surface area contributed by atoms with Gasteiger partial charge in [0.2, 0.25) is 0 Å². The molecule has 0 bridgehead atoms. The maximum atomic E-state index is 11.7. The third-order valence-electron chi connectivity index (χ3n) is 3.08. The van der Waals surface area contributed by atoms with E-state index in [0.29, 0.717) is 6.61 Å². The summed E-state index contributed by atoms with van der Waals surface area (Å²) in [7, 11) is 0. The number of non-ortho nitro benzene ring substituents is 1. The topological polar surface area (TPSA) is 81.5 Å². The van der Waals surface area contributed by atoms with E-state index in [1.54, 1.807) is 19.1 Å². The maximum Gasteiger partial charge on any atom is 0.307 e. The molecule has 0 radical (unpaired) electrons. The second-order valence-corrected chi connectivity index (χ2v) is 4.72. The van der Waals surface area contributed by atoms with Crippen molar-refractivity contribution >= 4 is 11.7 Å². The summed E-state index contributed by atoms with van der Waals surface area (Å²) >= 11 is 0. The standard InChI is InChI=1S/C15H22N2O4/c1-3-5-9-16-14(11-15(18)21-4-2)12-7-6-8-13(10-12)17(19)20/h6-8,10,14,16H,3-5,9,11H2,1-2H3. The van der Waals surface area contributed by atoms with Gasteiger partial charge in [0.05, 0.1) is 18.0 Å². The Balaban J connectivity index is 2.85. The first-order valence-electron chi connectivity index (χ1n) is 7.21. The summed E-state index contributed by atoms with van der Waals surface area (Å²) in [5.74, 6) is -0.307. The molecule has 0 aliphatic rings. The van der Waals surface area contributed by atoms with Gasteiger partial charge < -0.3 is 10.1 Å². The number of esters is 1. The number of nitrogens with zero attached hydrogens (tertiary/aromatic N) is 1. The van der Waals surface area contributed by atoms with Crippen LogP contribution in [0.3, 0.4) is 0 Å². The molecule has 1 N–H and O–H groups in total. The number of carbonyl (C=O) groups excluding carboxylic acids is 1. The minimum Gasteiger partial charge on any atom is -0.466 e. The average Bonchev–Trinajstić information content (AvgIpc) is 2.47. The molecule has 21 heavy (non-hydrogen) atoms. The van der Waals surface area contributed by atoms with Crippen molar-refractivity contribution < 1.29 is 14.5 Å². The highest BCUT2D eigenvalue weighted by Gasteiger charge is 2.18. The molecule has 1 aromatic rings. The lowest BCUT2D eigenvalue weighted by Crippen LogP contribution is -2.25. The van der Waals surface area contributed by atoms with Crippen molar-refractivity contribution in [1.29, 1.82) is 0 Å². The summed E-state index contributed by atoms with van der Waals surface area (Å²) in [5, 5.41) is 14.1. The lowest BCUT2D eigenvalue weighted by atomic mass is 10.0. The fourth-order valence-corrected chi connectivity index (χ4v) is 2.00. The molecule has 6 heteroatoms. The van der Waals surface area contributed by atoms with Gasteiger partial charge in [0, 0.05) is 18.2 Å². The zero-order valence-electron chi connectivity index (χ0n) is 12.5. The molecule has 1 aromatic carbocycles. The Bertz CT molecular complexity index is 476. The highest BCUT2D eigenvalue weighted by molar-refractivity contribution is 5.70. The summed E-state index contributed by atoms with van der Waals surface area (Å²) in [6, 6.07) is 6.10. The van der Waals surface area contributed by atoms with E-state index >= 15 is 0 Å². The maximum absolute atomic E-state index is 11.7. The Morgan fingerprint density at radius 1 is 1.43 bits per heavy atom. The van der Waals surface area contributed by atoms with Crippen molar-refractivity contribution in [1.82, 2.24) is 5.32 Å². The highest BCUT2D eigenvalue weighted by Crippen LogP contribution is 2.22. The zero-order chi connectivity index (χ0) is 15.7. The van der Waals surface area contributed by atoms with Crippen molar-refractivity contribution in [2.75, 3.05) is 13.2 Å². The minimum atomic E-state index is -0.434. The first-order chi connectivity index (χ1) is 10.1. The molecule has 0 aromatic heterocycles. The van der Waals surface area contributed by atoms with Crippen LogP contribution in [0.1, 0.15) is 44.7 Å². The van der Waals surface area contributed by atoms with Crippen LogP contribution in [-0.2, 0) is 9.53 Å². The number of hydrogen-bond donors (Lipinski definition) is 1. The van der Waals surface area contributed by atoms with Crippen molar-refractivity contribution in [3.05, 3.63) is 39.9 Å². The van der Waals surface area contributed by atoms with Crippen LogP contribution in [0.4, 0.5) is 5.69 Å². The summed E-state index contributed by atoms with van der Waals surface area (Å²) in [4.78, 5) is 22.1. The number of benzene rings is 1. The predicted octanol–water partition coefficient (Wildman–Crippen LogP) is 2.98. The fourth-order valence-electron chi connectivity index (χ4n) is 2.00. The van der Waals surface area contributed by atoms with E-state index in [2.05, 4.69) is 12.2 Å². The number of nitrogens with one attached hydrogen (secondary N) is 1. The Morgan fingerprint density at radius 3 is 2.81 bits per heavy atom. The van der Waals surface area contributed by atoms with Crippen molar-refractivity contribution in [2.24, 2.45) is 0 Å². The minimum absolute atomic E-state index is 0.0265. The van der Waals surface area contributed by atoms with E-state index in [4.69, 9.17) is 4.74 Å². The smallest absolute Gasteiger partial charge is 0.307 e. The van der Waals surface area contributed by atoms with E-state index in [1.807, 2.05) is 0 Å². The van der Waals surface area contributed by atoms with Crippen molar-refractivity contribution in [2.45, 2.75) is 39.2 Å². The lowest BCUT2D eigenvalue weighted by Gasteiger charge is -2.18. The molecule has 1 rings (SSSR count). The Morgan fingerprint density at radius 2 is 2.19 bits per heavy atom. The molecule has 0 saturated heterocycles. The van der Waals surface area contributed by atoms with Gasteiger partial charge in [-0.3, -0.25) is 14.9 Å². The van der Waals surface area contributed by atoms with Gasteiger partial charge in [-0.15, -0.1) is 0 Å². The van der Waals surface area contributed by atoms with Crippen molar-refractivity contribution in [3.8, 4) is 0 Å². The summed E-state index contributed by atoms with van der Waals surface area (Å²) in [6.07, 6.45) is 2.18. The van der Waals surface area contributed by atoms with Gasteiger partial charge in [-0.05, 0) is 25.5 Å². The van der Waals surface area contributed by atoms with Gasteiger partial charge in [0.15, 0.2) is 0 Å². The van der Waals surface area contributed by atoms with E-state index in [9.17, 15) is 14.9 Å². The van der Waals surface area contributed by atoms with E-state index < -0.39 is 4.92 Å². The Hall–Kier alpha value is -1.95. The van der Waals surface area contributed by atoms with Crippen LogP contribution in [0.5, 0.6) is 0 Å². The van der Waals surface area contributed by atoms with Crippen LogP contribution in [-0.4, -0.2) is 24.0 Å². The summed E-state index contributed by atoms with van der Waals surface area (Å²) in [5.41, 5.74) is 0.756. The quantitative estimate of drug-likeness (QED) is 0.328. The largest absolute Gasteiger partial charge is 0.466 e. The number of nitro groups is 1. The first-order valence-corrected chi connectivity index (χ1v) is 7.21. The Labute approximate surface area is 124 Å². The number of carbonyl (C=O) groups is 1. The highest BCUT2D eigenvalue weighted by atomic mass is 16.6. The lowest BCUT2D eigenvalue weighted by molar-refractivity contribution is -0.384. The summed E-state index contributed by atoms with van der Waals surface area (Å²) in [6.45, 7) is 4.92. The van der Waals surface area contributed by atoms with E-state index in [0.717, 1.165) is 24.9 Å². The SMILES string of the molecule is CCCCNC(CC(=O)OCC)c1cccc([N+](=O)[O-])c1. The molecule has 1 unspecified atom stereocenters. The molecule has 0 heterocycles. The number of unbranched alkanes of at least 4 members (excludes halogenated alkanes) is 1. The van der Waals surface area contributed by atoms with E-state index in [1.165, 1.54) is 12.1 Å². The Kier molecular flexibility index (Phi) is 7.39. The second kappa shape index (κ2) is 9.07. The normalized spacial score (nSPS) is 11.9. The third kappa shape index (κ3) is 5.91. The molecule has 0 aliphatic heterocycles. The molecule has 1 atom stereocenters. The van der Waals surface area contributed by atoms with Gasteiger partial charge in [0.25, 0.3) is 5.69 Å². The van der Waals surface area contributed by atoms with Crippen LogP contribution in [0, 0.1) is 10.1 Å². The number of nitro benzene ring substituents is 1. The molecule has 0 fully saturated rings. The number of hydrogen-bond acceptors (Lipinski definition) is 5. The molecule has 6 nitrogen and oxygen atoms in total. The molecule has 0 amide bonds.